The highest BCUT2D eigenvalue weighted by molar-refractivity contribution is 7.16. The molecule has 28 heavy (non-hydrogen) atoms. The number of ether oxygens (including phenoxy) is 1. The standard InChI is InChI=1S/C20H19N3O3S2/c1-26-13-6-4-12(5-7-13)18(24)23-20-22-17-15(8-9-16(17)28-20)19(25)21-11-14-3-2-10-27-14/h2-7,10,15H,8-9,11H2,1H3,(H,21,25)(H,22,23,24). The highest BCUT2D eigenvalue weighted by atomic mass is 32.1. The Morgan fingerprint density at radius 3 is 2.79 bits per heavy atom. The van der Waals surface area contributed by atoms with Crippen LogP contribution in [0.5, 0.6) is 5.75 Å². The summed E-state index contributed by atoms with van der Waals surface area (Å²) in [5, 5.41) is 8.35. The molecule has 0 saturated carbocycles. The van der Waals surface area contributed by atoms with Gasteiger partial charge in [-0.2, -0.15) is 0 Å². The molecule has 2 heterocycles. The first-order chi connectivity index (χ1) is 13.6. The summed E-state index contributed by atoms with van der Waals surface area (Å²) >= 11 is 3.06. The zero-order chi connectivity index (χ0) is 19.5. The van der Waals surface area contributed by atoms with Crippen LogP contribution >= 0.6 is 22.7 Å². The number of benzene rings is 1. The molecule has 0 aliphatic heterocycles. The molecule has 144 valence electrons. The Kier molecular flexibility index (Phi) is 5.40. The van der Waals surface area contributed by atoms with Gasteiger partial charge in [0.15, 0.2) is 5.13 Å². The Morgan fingerprint density at radius 2 is 2.07 bits per heavy atom. The van der Waals surface area contributed by atoms with Crippen molar-refractivity contribution in [1.82, 2.24) is 10.3 Å². The second-order valence-corrected chi connectivity index (χ2v) is 8.51. The van der Waals surface area contributed by atoms with Crippen LogP contribution in [0.4, 0.5) is 5.13 Å². The molecule has 3 aromatic rings. The Balaban J connectivity index is 1.41. The normalized spacial score (nSPS) is 15.1. The van der Waals surface area contributed by atoms with Gasteiger partial charge in [0.25, 0.3) is 5.91 Å². The van der Waals surface area contributed by atoms with Gasteiger partial charge in [0.05, 0.1) is 25.3 Å². The van der Waals surface area contributed by atoms with Crippen molar-refractivity contribution < 1.29 is 14.3 Å². The van der Waals surface area contributed by atoms with Gasteiger partial charge in [-0.25, -0.2) is 4.98 Å². The number of hydrogen-bond donors (Lipinski definition) is 2. The molecule has 2 N–H and O–H groups in total. The first-order valence-corrected chi connectivity index (χ1v) is 10.6. The van der Waals surface area contributed by atoms with Crippen molar-refractivity contribution >= 4 is 39.6 Å². The number of thiophene rings is 1. The van der Waals surface area contributed by atoms with Crippen LogP contribution in [-0.4, -0.2) is 23.9 Å². The maximum absolute atomic E-state index is 12.6. The maximum Gasteiger partial charge on any atom is 0.257 e. The zero-order valence-electron chi connectivity index (χ0n) is 15.2. The van der Waals surface area contributed by atoms with Crippen LogP contribution < -0.4 is 15.4 Å². The predicted octanol–water partition coefficient (Wildman–Crippen LogP) is 3.81. The summed E-state index contributed by atoms with van der Waals surface area (Å²) in [6.07, 6.45) is 1.57. The lowest BCUT2D eigenvalue weighted by Gasteiger charge is -2.10. The summed E-state index contributed by atoms with van der Waals surface area (Å²) in [4.78, 5) is 31.7. The van der Waals surface area contributed by atoms with E-state index in [0.717, 1.165) is 28.3 Å². The molecular weight excluding hydrogens is 394 g/mol. The number of carbonyl (C=O) groups excluding carboxylic acids is 2. The third-order valence-corrected chi connectivity index (χ3v) is 6.55. The third-order valence-electron chi connectivity index (χ3n) is 4.62. The second kappa shape index (κ2) is 8.12. The molecule has 0 saturated heterocycles. The average Bonchev–Trinajstić information content (AvgIpc) is 3.43. The van der Waals surface area contributed by atoms with Crippen molar-refractivity contribution in [2.45, 2.75) is 25.3 Å². The minimum absolute atomic E-state index is 0.00881. The van der Waals surface area contributed by atoms with Gasteiger partial charge in [0, 0.05) is 15.3 Å². The van der Waals surface area contributed by atoms with Crippen molar-refractivity contribution in [3.8, 4) is 5.75 Å². The summed E-state index contributed by atoms with van der Waals surface area (Å²) in [6.45, 7) is 0.535. The van der Waals surface area contributed by atoms with E-state index < -0.39 is 0 Å². The van der Waals surface area contributed by atoms with Gasteiger partial charge in [-0.05, 0) is 48.6 Å². The van der Waals surface area contributed by atoms with Crippen LogP contribution in [0.2, 0.25) is 0 Å². The molecule has 6 nitrogen and oxygen atoms in total. The lowest BCUT2D eigenvalue weighted by molar-refractivity contribution is -0.122. The molecule has 1 atom stereocenters. The van der Waals surface area contributed by atoms with E-state index in [1.807, 2.05) is 17.5 Å². The van der Waals surface area contributed by atoms with E-state index in [1.54, 1.807) is 42.7 Å². The van der Waals surface area contributed by atoms with E-state index >= 15 is 0 Å². The third kappa shape index (κ3) is 3.93. The van der Waals surface area contributed by atoms with Crippen molar-refractivity contribution in [3.05, 3.63) is 62.8 Å². The van der Waals surface area contributed by atoms with Crippen molar-refractivity contribution in [3.63, 3.8) is 0 Å². The Hall–Kier alpha value is -2.71. The van der Waals surface area contributed by atoms with E-state index in [4.69, 9.17) is 4.74 Å². The van der Waals surface area contributed by atoms with Gasteiger partial charge in [-0.1, -0.05) is 6.07 Å². The number of thiazole rings is 1. The number of amides is 2. The fraction of sp³-hybridized carbons (Fsp3) is 0.250. The van der Waals surface area contributed by atoms with Gasteiger partial charge < -0.3 is 10.1 Å². The van der Waals surface area contributed by atoms with E-state index in [1.165, 1.54) is 11.3 Å². The van der Waals surface area contributed by atoms with E-state index in [2.05, 4.69) is 15.6 Å². The topological polar surface area (TPSA) is 80.3 Å². The molecular formula is C20H19N3O3S2. The quantitative estimate of drug-likeness (QED) is 0.644. The smallest absolute Gasteiger partial charge is 0.257 e. The number of carbonyl (C=O) groups is 2. The highest BCUT2D eigenvalue weighted by Gasteiger charge is 2.32. The predicted molar refractivity (Wildman–Crippen MR) is 110 cm³/mol. The van der Waals surface area contributed by atoms with Crippen molar-refractivity contribution in [2.24, 2.45) is 0 Å². The largest absolute Gasteiger partial charge is 0.497 e. The lowest BCUT2D eigenvalue weighted by atomic mass is 10.1. The van der Waals surface area contributed by atoms with Gasteiger partial charge in [0.1, 0.15) is 5.75 Å². The highest BCUT2D eigenvalue weighted by Crippen LogP contribution is 2.38. The lowest BCUT2D eigenvalue weighted by Crippen LogP contribution is -2.27. The van der Waals surface area contributed by atoms with Gasteiger partial charge in [0.2, 0.25) is 5.91 Å². The number of rotatable bonds is 6. The van der Waals surface area contributed by atoms with Crippen molar-refractivity contribution in [2.75, 3.05) is 12.4 Å². The number of aryl methyl sites for hydroxylation is 1. The number of fused-ring (bicyclic) bond motifs is 1. The fourth-order valence-corrected chi connectivity index (χ4v) is 4.84. The number of anilines is 1. The van der Waals surface area contributed by atoms with Crippen molar-refractivity contribution in [1.29, 1.82) is 0 Å². The van der Waals surface area contributed by atoms with Crippen LogP contribution in [0, 0.1) is 0 Å². The Bertz CT molecular complexity index is 981. The average molecular weight is 414 g/mol. The monoisotopic (exact) mass is 413 g/mol. The summed E-state index contributed by atoms with van der Waals surface area (Å²) < 4.78 is 5.11. The van der Waals surface area contributed by atoms with Gasteiger partial charge in [-0.3, -0.25) is 14.9 Å². The summed E-state index contributed by atoms with van der Waals surface area (Å²) in [5.74, 6) is 0.207. The molecule has 1 aliphatic rings. The van der Waals surface area contributed by atoms with Crippen LogP contribution in [0.1, 0.15) is 38.1 Å². The molecule has 0 spiro atoms. The zero-order valence-corrected chi connectivity index (χ0v) is 16.9. The summed E-state index contributed by atoms with van der Waals surface area (Å²) in [5.41, 5.74) is 1.32. The van der Waals surface area contributed by atoms with Gasteiger partial charge in [-0.15, -0.1) is 22.7 Å². The molecule has 1 aliphatic carbocycles. The van der Waals surface area contributed by atoms with Crippen LogP contribution in [0.25, 0.3) is 0 Å². The molecule has 1 aromatic carbocycles. The molecule has 2 amide bonds. The number of hydrogen-bond acceptors (Lipinski definition) is 6. The second-order valence-electron chi connectivity index (χ2n) is 6.40. The molecule has 8 heteroatoms. The van der Waals surface area contributed by atoms with E-state index in [0.29, 0.717) is 23.0 Å². The molecule has 0 bridgehead atoms. The van der Waals surface area contributed by atoms with Crippen LogP contribution in [-0.2, 0) is 17.8 Å². The molecule has 2 aromatic heterocycles. The molecule has 0 fully saturated rings. The number of nitrogens with one attached hydrogen (secondary N) is 2. The SMILES string of the molecule is COc1ccc(C(=O)Nc2nc3c(s2)CCC3C(=O)NCc2cccs2)cc1. The molecule has 1 unspecified atom stereocenters. The van der Waals surface area contributed by atoms with Gasteiger partial charge >= 0.3 is 0 Å². The number of aromatic nitrogens is 1. The number of nitrogens with zero attached hydrogens (tertiary/aromatic N) is 1. The maximum atomic E-state index is 12.6. The fourth-order valence-electron chi connectivity index (χ4n) is 3.16. The first kappa shape index (κ1) is 18.6. The van der Waals surface area contributed by atoms with E-state index in [-0.39, 0.29) is 17.7 Å². The summed E-state index contributed by atoms with van der Waals surface area (Å²) in [6, 6.07) is 10.9. The minimum atomic E-state index is -0.252. The Labute approximate surface area is 170 Å². The molecule has 4 rings (SSSR count). The minimum Gasteiger partial charge on any atom is -0.497 e. The number of methoxy groups -OCH3 is 1. The van der Waals surface area contributed by atoms with Crippen LogP contribution in [0.15, 0.2) is 41.8 Å². The van der Waals surface area contributed by atoms with E-state index in [9.17, 15) is 9.59 Å². The van der Waals surface area contributed by atoms with Crippen LogP contribution in [0.3, 0.4) is 0 Å². The first-order valence-electron chi connectivity index (χ1n) is 8.89. The summed E-state index contributed by atoms with van der Waals surface area (Å²) in [7, 11) is 1.58. The Morgan fingerprint density at radius 1 is 1.25 bits per heavy atom. The molecule has 0 radical (unpaired) electrons.